The van der Waals surface area contributed by atoms with Crippen LogP contribution >= 0.6 is 23.2 Å². The van der Waals surface area contributed by atoms with Crippen LogP contribution in [0, 0.1) is 0 Å². The van der Waals surface area contributed by atoms with Crippen LogP contribution in [0.5, 0.6) is 5.75 Å². The Labute approximate surface area is 118 Å². The number of carbonyl (C=O) groups is 1. The van der Waals surface area contributed by atoms with E-state index in [1.807, 2.05) is 0 Å². The lowest BCUT2D eigenvalue weighted by Gasteiger charge is -2.13. The van der Waals surface area contributed by atoms with Gasteiger partial charge in [-0.05, 0) is 18.6 Å². The molecule has 0 bridgehead atoms. The number of rotatable bonds is 5. The Bertz CT molecular complexity index is 449. The lowest BCUT2D eigenvalue weighted by Crippen LogP contribution is -2.34. The zero-order valence-corrected chi connectivity index (χ0v) is 11.4. The summed E-state index contributed by atoms with van der Waals surface area (Å²) in [5.74, 6) is -0.756. The highest BCUT2D eigenvalue weighted by Gasteiger charge is 2.16. The van der Waals surface area contributed by atoms with Crippen LogP contribution < -0.4 is 15.8 Å². The van der Waals surface area contributed by atoms with Crippen LogP contribution in [0.2, 0.25) is 10.0 Å². The highest BCUT2D eigenvalue weighted by atomic mass is 35.5. The summed E-state index contributed by atoms with van der Waals surface area (Å²) in [7, 11) is 0. The Morgan fingerprint density at radius 3 is 2.37 bits per heavy atom. The zero-order valence-electron chi connectivity index (χ0n) is 9.92. The van der Waals surface area contributed by atoms with Crippen molar-refractivity contribution in [2.75, 3.05) is 5.32 Å². The number of halogens is 4. The maximum absolute atomic E-state index is 12.1. The summed E-state index contributed by atoms with van der Waals surface area (Å²) in [4.78, 5) is 11.6. The minimum atomic E-state index is -3.04. The van der Waals surface area contributed by atoms with Gasteiger partial charge in [-0.2, -0.15) is 8.78 Å². The van der Waals surface area contributed by atoms with Crippen LogP contribution in [0.4, 0.5) is 14.5 Å². The van der Waals surface area contributed by atoms with Crippen molar-refractivity contribution in [3.05, 3.63) is 22.2 Å². The average molecular weight is 313 g/mol. The van der Waals surface area contributed by atoms with Gasteiger partial charge in [0.25, 0.3) is 0 Å². The molecule has 0 saturated heterocycles. The van der Waals surface area contributed by atoms with Crippen LogP contribution in [-0.2, 0) is 4.79 Å². The lowest BCUT2D eigenvalue weighted by molar-refractivity contribution is -0.117. The van der Waals surface area contributed by atoms with Gasteiger partial charge in [0.15, 0.2) is 5.75 Å². The molecule has 106 valence electrons. The third kappa shape index (κ3) is 4.49. The van der Waals surface area contributed by atoms with E-state index in [0.29, 0.717) is 6.42 Å². The van der Waals surface area contributed by atoms with Gasteiger partial charge in [-0.25, -0.2) is 0 Å². The quantitative estimate of drug-likeness (QED) is 0.877. The first-order valence-corrected chi connectivity index (χ1v) is 6.11. The summed E-state index contributed by atoms with van der Waals surface area (Å²) in [5.41, 5.74) is 5.79. The smallest absolute Gasteiger partial charge is 0.387 e. The second-order valence-corrected chi connectivity index (χ2v) is 4.47. The van der Waals surface area contributed by atoms with Crippen molar-refractivity contribution in [3.63, 3.8) is 0 Å². The minimum Gasteiger partial charge on any atom is -0.432 e. The monoisotopic (exact) mass is 312 g/mol. The summed E-state index contributed by atoms with van der Waals surface area (Å²) < 4.78 is 28.4. The number of benzene rings is 1. The third-order valence-corrected chi connectivity index (χ3v) is 2.81. The molecule has 4 nitrogen and oxygen atoms in total. The molecule has 19 heavy (non-hydrogen) atoms. The molecule has 0 aliphatic heterocycles. The molecule has 0 aliphatic rings. The number of hydrogen-bond donors (Lipinski definition) is 2. The van der Waals surface area contributed by atoms with Gasteiger partial charge in [0, 0.05) is 5.69 Å². The molecule has 0 fully saturated rings. The Balaban J connectivity index is 2.92. The Kier molecular flexibility index (Phi) is 5.78. The summed E-state index contributed by atoms with van der Waals surface area (Å²) >= 11 is 11.5. The highest BCUT2D eigenvalue weighted by molar-refractivity contribution is 6.37. The SMILES string of the molecule is CCC(N)C(=O)Nc1cc(Cl)c(OC(F)F)c(Cl)c1. The Morgan fingerprint density at radius 1 is 1.42 bits per heavy atom. The minimum absolute atomic E-state index is 0.131. The largest absolute Gasteiger partial charge is 0.432 e. The number of ether oxygens (including phenoxy) is 1. The van der Waals surface area contributed by atoms with E-state index in [-0.39, 0.29) is 21.5 Å². The lowest BCUT2D eigenvalue weighted by atomic mass is 10.2. The fourth-order valence-electron chi connectivity index (χ4n) is 1.25. The maximum atomic E-state index is 12.1. The molecule has 0 spiro atoms. The average Bonchev–Trinajstić information content (AvgIpc) is 2.32. The summed E-state index contributed by atoms with van der Waals surface area (Å²) in [5, 5.41) is 2.22. The first-order valence-electron chi connectivity index (χ1n) is 5.35. The van der Waals surface area contributed by atoms with Gasteiger partial charge in [0.1, 0.15) is 0 Å². The number of alkyl halides is 2. The molecule has 8 heteroatoms. The molecule has 1 amide bonds. The van der Waals surface area contributed by atoms with Crippen LogP contribution in [-0.4, -0.2) is 18.6 Å². The molecule has 0 radical (unpaired) electrons. The molecule has 1 aromatic carbocycles. The number of carbonyl (C=O) groups excluding carboxylic acids is 1. The molecule has 3 N–H and O–H groups in total. The van der Waals surface area contributed by atoms with Crippen LogP contribution in [0.1, 0.15) is 13.3 Å². The third-order valence-electron chi connectivity index (χ3n) is 2.25. The van der Waals surface area contributed by atoms with E-state index < -0.39 is 18.6 Å². The van der Waals surface area contributed by atoms with Crippen molar-refractivity contribution >= 4 is 34.8 Å². The van der Waals surface area contributed by atoms with Crippen molar-refractivity contribution in [2.24, 2.45) is 5.73 Å². The maximum Gasteiger partial charge on any atom is 0.387 e. The van der Waals surface area contributed by atoms with Crippen LogP contribution in [0.15, 0.2) is 12.1 Å². The summed E-state index contributed by atoms with van der Waals surface area (Å²) in [6, 6.07) is 1.84. The standard InChI is InChI=1S/C11H12Cl2F2N2O2/c1-2-8(16)10(18)17-5-3-6(12)9(7(13)4-5)19-11(14)15/h3-4,8,11H,2,16H2,1H3,(H,17,18). The Morgan fingerprint density at radius 2 is 1.95 bits per heavy atom. The normalized spacial score (nSPS) is 12.4. The fourth-order valence-corrected chi connectivity index (χ4v) is 1.83. The fraction of sp³-hybridized carbons (Fsp3) is 0.364. The predicted molar refractivity (Wildman–Crippen MR) is 70.0 cm³/mol. The molecule has 1 unspecified atom stereocenters. The van der Waals surface area contributed by atoms with E-state index in [1.165, 1.54) is 12.1 Å². The zero-order chi connectivity index (χ0) is 14.6. The summed E-state index contributed by atoms with van der Waals surface area (Å²) in [6.07, 6.45) is 0.458. The van der Waals surface area contributed by atoms with Crippen molar-refractivity contribution in [1.29, 1.82) is 0 Å². The van der Waals surface area contributed by atoms with Crippen molar-refractivity contribution < 1.29 is 18.3 Å². The van der Waals surface area contributed by atoms with Crippen molar-refractivity contribution in [2.45, 2.75) is 26.0 Å². The Hall–Kier alpha value is -1.11. The van der Waals surface area contributed by atoms with Gasteiger partial charge in [-0.1, -0.05) is 30.1 Å². The number of amides is 1. The van der Waals surface area contributed by atoms with Gasteiger partial charge in [-0.3, -0.25) is 4.79 Å². The van der Waals surface area contributed by atoms with E-state index in [9.17, 15) is 13.6 Å². The molecular formula is C11H12Cl2F2N2O2. The van der Waals surface area contributed by atoms with Crippen molar-refractivity contribution in [1.82, 2.24) is 0 Å². The molecule has 1 atom stereocenters. The molecule has 1 aromatic rings. The van der Waals surface area contributed by atoms with Crippen LogP contribution in [0.3, 0.4) is 0 Å². The van der Waals surface area contributed by atoms with E-state index in [4.69, 9.17) is 28.9 Å². The highest BCUT2D eigenvalue weighted by Crippen LogP contribution is 2.36. The van der Waals surface area contributed by atoms with E-state index >= 15 is 0 Å². The van der Waals surface area contributed by atoms with Gasteiger partial charge in [0.05, 0.1) is 16.1 Å². The topological polar surface area (TPSA) is 64.4 Å². The number of nitrogens with one attached hydrogen (secondary N) is 1. The first-order chi connectivity index (χ1) is 8.85. The van der Waals surface area contributed by atoms with Gasteiger partial charge in [0.2, 0.25) is 5.91 Å². The van der Waals surface area contributed by atoms with Crippen molar-refractivity contribution in [3.8, 4) is 5.75 Å². The number of hydrogen-bond acceptors (Lipinski definition) is 3. The molecule has 1 rings (SSSR count). The van der Waals surface area contributed by atoms with E-state index in [2.05, 4.69) is 10.1 Å². The molecule has 0 heterocycles. The van der Waals surface area contributed by atoms with Crippen LogP contribution in [0.25, 0.3) is 0 Å². The van der Waals surface area contributed by atoms with Gasteiger partial charge < -0.3 is 15.8 Å². The number of nitrogens with two attached hydrogens (primary N) is 1. The van der Waals surface area contributed by atoms with Gasteiger partial charge >= 0.3 is 6.61 Å². The van der Waals surface area contributed by atoms with Gasteiger partial charge in [-0.15, -0.1) is 0 Å². The molecular weight excluding hydrogens is 301 g/mol. The molecule has 0 saturated carbocycles. The molecule has 0 aliphatic carbocycles. The second kappa shape index (κ2) is 6.88. The molecule has 0 aromatic heterocycles. The van der Waals surface area contributed by atoms with E-state index in [0.717, 1.165) is 0 Å². The second-order valence-electron chi connectivity index (χ2n) is 3.65. The number of anilines is 1. The predicted octanol–water partition coefficient (Wildman–Crippen LogP) is 3.27. The summed E-state index contributed by atoms with van der Waals surface area (Å²) in [6.45, 7) is -1.28. The first kappa shape index (κ1) is 15.9. The van der Waals surface area contributed by atoms with E-state index in [1.54, 1.807) is 6.92 Å².